The maximum Gasteiger partial charge on any atom is 0.387 e. The molecule has 0 saturated carbocycles. The fraction of sp³-hybridized carbons (Fsp3) is 0.125. The normalized spacial score (nSPS) is 10.2. The fourth-order valence-electron chi connectivity index (χ4n) is 0.780. The molecule has 2 nitrogen and oxygen atoms in total. The molecule has 0 saturated heterocycles. The first-order valence-corrected chi connectivity index (χ1v) is 3.71. The summed E-state index contributed by atoms with van der Waals surface area (Å²) >= 11 is 5.52. The molecule has 70 valence electrons. The molecular weight excluding hydrogens is 202 g/mol. The molecule has 0 spiro atoms. The van der Waals surface area contributed by atoms with Crippen LogP contribution in [0.4, 0.5) is 8.78 Å². The van der Waals surface area contributed by atoms with E-state index in [1.54, 1.807) is 0 Å². The average Bonchev–Trinajstić information content (AvgIpc) is 2.08. The summed E-state index contributed by atoms with van der Waals surface area (Å²) in [6.07, 6.45) is 0.522. The molecule has 0 amide bonds. The molecule has 0 bridgehead atoms. The highest BCUT2D eigenvalue weighted by Crippen LogP contribution is 2.26. The standard InChI is InChI=1S/C8H5ClF2O2/c9-6-2-1-5(4-12)3-7(6)13-8(10)11/h1-4,8H. The molecule has 0 heterocycles. The van der Waals surface area contributed by atoms with Crippen LogP contribution >= 0.6 is 11.6 Å². The lowest BCUT2D eigenvalue weighted by Gasteiger charge is -2.06. The number of carbonyl (C=O) groups excluding carboxylic acids is 1. The second kappa shape index (κ2) is 4.18. The maximum atomic E-state index is 11.8. The Morgan fingerprint density at radius 3 is 2.69 bits per heavy atom. The lowest BCUT2D eigenvalue weighted by atomic mass is 10.2. The minimum absolute atomic E-state index is 0.0471. The Kier molecular flexibility index (Phi) is 3.19. The molecule has 13 heavy (non-hydrogen) atoms. The van der Waals surface area contributed by atoms with Crippen molar-refractivity contribution >= 4 is 17.9 Å². The number of aldehydes is 1. The van der Waals surface area contributed by atoms with E-state index in [9.17, 15) is 13.6 Å². The zero-order chi connectivity index (χ0) is 9.84. The van der Waals surface area contributed by atoms with E-state index < -0.39 is 6.61 Å². The second-order valence-electron chi connectivity index (χ2n) is 2.19. The van der Waals surface area contributed by atoms with Crippen LogP contribution < -0.4 is 4.74 Å². The number of carbonyl (C=O) groups is 1. The number of hydrogen-bond acceptors (Lipinski definition) is 2. The molecule has 0 unspecified atom stereocenters. The van der Waals surface area contributed by atoms with E-state index in [-0.39, 0.29) is 16.3 Å². The van der Waals surface area contributed by atoms with Gasteiger partial charge in [-0.25, -0.2) is 0 Å². The van der Waals surface area contributed by atoms with Gasteiger partial charge >= 0.3 is 6.61 Å². The molecule has 5 heteroatoms. The first-order chi connectivity index (χ1) is 6.13. The van der Waals surface area contributed by atoms with Crippen LogP contribution in [0.25, 0.3) is 0 Å². The Bertz CT molecular complexity index is 315. The molecule has 0 atom stereocenters. The quantitative estimate of drug-likeness (QED) is 0.711. The van der Waals surface area contributed by atoms with Crippen LogP contribution in [0, 0.1) is 0 Å². The van der Waals surface area contributed by atoms with Crippen molar-refractivity contribution in [2.45, 2.75) is 6.61 Å². The van der Waals surface area contributed by atoms with E-state index in [0.29, 0.717) is 6.29 Å². The number of rotatable bonds is 3. The van der Waals surface area contributed by atoms with Gasteiger partial charge in [-0.2, -0.15) is 8.78 Å². The third kappa shape index (κ3) is 2.66. The molecule has 1 aromatic carbocycles. The Balaban J connectivity index is 2.96. The molecule has 0 aliphatic heterocycles. The summed E-state index contributed by atoms with van der Waals surface area (Å²) in [4.78, 5) is 10.3. The molecule has 0 radical (unpaired) electrons. The van der Waals surface area contributed by atoms with Gasteiger partial charge in [-0.1, -0.05) is 11.6 Å². The van der Waals surface area contributed by atoms with Crippen LogP contribution in [0.2, 0.25) is 5.02 Å². The summed E-state index contributed by atoms with van der Waals surface area (Å²) in [5, 5.41) is 0.0471. The monoisotopic (exact) mass is 206 g/mol. The molecule has 0 aliphatic carbocycles. The maximum absolute atomic E-state index is 11.8. The first kappa shape index (κ1) is 9.92. The van der Waals surface area contributed by atoms with Crippen LogP contribution in [0.15, 0.2) is 18.2 Å². The van der Waals surface area contributed by atoms with Gasteiger partial charge in [-0.3, -0.25) is 4.79 Å². The lowest BCUT2D eigenvalue weighted by molar-refractivity contribution is -0.0498. The molecule has 1 rings (SSSR count). The van der Waals surface area contributed by atoms with Gasteiger partial charge in [0.15, 0.2) is 0 Å². The van der Waals surface area contributed by atoms with Crippen LogP contribution in [-0.4, -0.2) is 12.9 Å². The minimum atomic E-state index is -2.94. The van der Waals surface area contributed by atoms with E-state index in [1.807, 2.05) is 0 Å². The summed E-state index contributed by atoms with van der Waals surface area (Å²) in [6, 6.07) is 3.89. The largest absolute Gasteiger partial charge is 0.433 e. The Hall–Kier alpha value is -1.16. The van der Waals surface area contributed by atoms with Crippen molar-refractivity contribution in [3.8, 4) is 5.75 Å². The number of halogens is 3. The highest BCUT2D eigenvalue weighted by Gasteiger charge is 2.08. The molecular formula is C8H5ClF2O2. The van der Waals surface area contributed by atoms with Crippen molar-refractivity contribution in [3.63, 3.8) is 0 Å². The third-order valence-electron chi connectivity index (χ3n) is 1.31. The van der Waals surface area contributed by atoms with Gasteiger partial charge in [0.25, 0.3) is 0 Å². The third-order valence-corrected chi connectivity index (χ3v) is 1.62. The second-order valence-corrected chi connectivity index (χ2v) is 2.59. The summed E-state index contributed by atoms with van der Waals surface area (Å²) in [5.74, 6) is -0.193. The number of ether oxygens (including phenoxy) is 1. The predicted molar refractivity (Wildman–Crippen MR) is 43.5 cm³/mol. The summed E-state index contributed by atoms with van der Waals surface area (Å²) in [7, 11) is 0. The lowest BCUT2D eigenvalue weighted by Crippen LogP contribution is -2.02. The van der Waals surface area contributed by atoms with Crippen molar-refractivity contribution in [2.24, 2.45) is 0 Å². The number of benzene rings is 1. The van der Waals surface area contributed by atoms with Gasteiger partial charge in [0.1, 0.15) is 12.0 Å². The van der Waals surface area contributed by atoms with Crippen molar-refractivity contribution in [3.05, 3.63) is 28.8 Å². The highest BCUT2D eigenvalue weighted by molar-refractivity contribution is 6.32. The van der Waals surface area contributed by atoms with Crippen molar-refractivity contribution in [1.29, 1.82) is 0 Å². The van der Waals surface area contributed by atoms with Crippen LogP contribution in [0.3, 0.4) is 0 Å². The van der Waals surface area contributed by atoms with Gasteiger partial charge in [-0.15, -0.1) is 0 Å². The van der Waals surface area contributed by atoms with E-state index in [0.717, 1.165) is 6.07 Å². The van der Waals surface area contributed by atoms with Crippen molar-refractivity contribution in [2.75, 3.05) is 0 Å². The Morgan fingerprint density at radius 2 is 2.15 bits per heavy atom. The predicted octanol–water partition coefficient (Wildman–Crippen LogP) is 2.75. The SMILES string of the molecule is O=Cc1ccc(Cl)c(OC(F)F)c1. The minimum Gasteiger partial charge on any atom is -0.433 e. The molecule has 0 aliphatic rings. The van der Waals surface area contributed by atoms with Gasteiger partial charge in [0.05, 0.1) is 5.02 Å². The number of hydrogen-bond donors (Lipinski definition) is 0. The topological polar surface area (TPSA) is 26.3 Å². The van der Waals surface area contributed by atoms with Crippen LogP contribution in [0.5, 0.6) is 5.75 Å². The van der Waals surface area contributed by atoms with Gasteiger partial charge in [-0.05, 0) is 18.2 Å². The molecule has 0 fully saturated rings. The molecule has 0 aromatic heterocycles. The van der Waals surface area contributed by atoms with E-state index in [1.165, 1.54) is 12.1 Å². The first-order valence-electron chi connectivity index (χ1n) is 3.33. The fourth-order valence-corrected chi connectivity index (χ4v) is 0.942. The van der Waals surface area contributed by atoms with Crippen molar-refractivity contribution < 1.29 is 18.3 Å². The smallest absolute Gasteiger partial charge is 0.387 e. The zero-order valence-corrected chi connectivity index (χ0v) is 7.09. The zero-order valence-electron chi connectivity index (χ0n) is 6.34. The van der Waals surface area contributed by atoms with Gasteiger partial charge in [0.2, 0.25) is 0 Å². The van der Waals surface area contributed by atoms with E-state index in [2.05, 4.69) is 4.74 Å². The summed E-state index contributed by atoms with van der Waals surface area (Å²) < 4.78 is 27.6. The van der Waals surface area contributed by atoms with Crippen molar-refractivity contribution in [1.82, 2.24) is 0 Å². The van der Waals surface area contributed by atoms with E-state index in [4.69, 9.17) is 11.6 Å². The summed E-state index contributed by atoms with van der Waals surface area (Å²) in [5.41, 5.74) is 0.236. The number of alkyl halides is 2. The summed E-state index contributed by atoms with van der Waals surface area (Å²) in [6.45, 7) is -2.94. The highest BCUT2D eigenvalue weighted by atomic mass is 35.5. The van der Waals surface area contributed by atoms with Gasteiger partial charge < -0.3 is 4.74 Å². The average molecular weight is 207 g/mol. The Morgan fingerprint density at radius 1 is 1.46 bits per heavy atom. The Labute approximate surface area is 78.1 Å². The van der Waals surface area contributed by atoms with Gasteiger partial charge in [0, 0.05) is 5.56 Å². The van der Waals surface area contributed by atoms with E-state index >= 15 is 0 Å². The van der Waals surface area contributed by atoms with Crippen LogP contribution in [0.1, 0.15) is 10.4 Å². The molecule has 1 aromatic rings. The molecule has 0 N–H and O–H groups in total. The van der Waals surface area contributed by atoms with Crippen LogP contribution in [-0.2, 0) is 0 Å².